The van der Waals surface area contributed by atoms with Gasteiger partial charge in [0.05, 0.1) is 17.2 Å². The van der Waals surface area contributed by atoms with Crippen LogP contribution in [0.25, 0.3) is 5.57 Å². The molecule has 1 saturated heterocycles. The fraction of sp³-hybridized carbons (Fsp3) is 0.391. The molecule has 0 amide bonds. The van der Waals surface area contributed by atoms with Gasteiger partial charge in [0.1, 0.15) is 12.4 Å². The van der Waals surface area contributed by atoms with Crippen molar-refractivity contribution in [3.05, 3.63) is 64.5 Å². The second kappa shape index (κ2) is 8.34. The summed E-state index contributed by atoms with van der Waals surface area (Å²) in [7, 11) is 0. The highest BCUT2D eigenvalue weighted by Crippen LogP contribution is 2.35. The molecular formula is C23H23F3N2O3. The molecule has 1 aromatic carbocycles. The minimum atomic E-state index is -4.40. The molecule has 1 aromatic heterocycles. The highest BCUT2D eigenvalue weighted by Gasteiger charge is 2.33. The average molecular weight is 432 g/mol. The number of pyridine rings is 1. The number of aliphatic carboxylic acids is 1. The molecule has 1 N–H and O–H groups in total. The summed E-state index contributed by atoms with van der Waals surface area (Å²) in [6.07, 6.45) is -1.80. The molecule has 2 heterocycles. The predicted molar refractivity (Wildman–Crippen MR) is 108 cm³/mol. The molecule has 0 spiro atoms. The molecule has 0 bridgehead atoms. The van der Waals surface area contributed by atoms with E-state index in [1.807, 2.05) is 18.2 Å². The Kier molecular flexibility index (Phi) is 5.75. The molecule has 2 aromatic rings. The summed E-state index contributed by atoms with van der Waals surface area (Å²) in [4.78, 5) is 17.0. The lowest BCUT2D eigenvalue weighted by Gasteiger charge is -2.38. The fourth-order valence-corrected chi connectivity index (χ4v) is 4.05. The molecule has 0 radical (unpaired) electrons. The predicted octanol–water partition coefficient (Wildman–Crippen LogP) is 4.42. The third-order valence-electron chi connectivity index (χ3n) is 5.97. The number of hydrogen-bond acceptors (Lipinski definition) is 4. The number of benzene rings is 1. The normalized spacial score (nSPS) is 17.3. The first-order valence-electron chi connectivity index (χ1n) is 10.1. The lowest BCUT2D eigenvalue weighted by molar-refractivity contribution is -0.147. The zero-order valence-electron chi connectivity index (χ0n) is 17.1. The van der Waals surface area contributed by atoms with Crippen LogP contribution in [0.1, 0.15) is 35.7 Å². The van der Waals surface area contributed by atoms with Crippen molar-refractivity contribution in [2.45, 2.75) is 32.5 Å². The fourth-order valence-electron chi connectivity index (χ4n) is 4.05. The van der Waals surface area contributed by atoms with Gasteiger partial charge in [-0.25, -0.2) is 0 Å². The van der Waals surface area contributed by atoms with Crippen LogP contribution in [0.5, 0.6) is 5.75 Å². The van der Waals surface area contributed by atoms with E-state index in [0.717, 1.165) is 37.2 Å². The molecule has 8 heteroatoms. The SMILES string of the molecule is CC1=C(CN2CC(C(=O)O)C2)CCc2cc(OCc3ccc(C(F)(F)F)cn3)ccc21. The Morgan fingerprint density at radius 1 is 1.23 bits per heavy atom. The molecule has 4 rings (SSSR count). The monoisotopic (exact) mass is 432 g/mol. The first-order chi connectivity index (χ1) is 14.7. The van der Waals surface area contributed by atoms with Gasteiger partial charge in [0.15, 0.2) is 0 Å². The number of aromatic nitrogens is 1. The maximum Gasteiger partial charge on any atom is 0.417 e. The van der Waals surface area contributed by atoms with Crippen molar-refractivity contribution >= 4 is 11.5 Å². The van der Waals surface area contributed by atoms with Crippen LogP contribution in [0.4, 0.5) is 13.2 Å². The zero-order chi connectivity index (χ0) is 22.2. The lowest BCUT2D eigenvalue weighted by Crippen LogP contribution is -2.50. The van der Waals surface area contributed by atoms with Gasteiger partial charge in [-0.05, 0) is 60.7 Å². The van der Waals surface area contributed by atoms with E-state index in [2.05, 4.69) is 16.8 Å². The number of allylic oxidation sites excluding steroid dienone is 1. The number of hydrogen-bond donors (Lipinski definition) is 1. The van der Waals surface area contributed by atoms with Crippen molar-refractivity contribution < 1.29 is 27.8 Å². The molecular weight excluding hydrogens is 409 g/mol. The van der Waals surface area contributed by atoms with E-state index in [0.29, 0.717) is 24.5 Å². The van der Waals surface area contributed by atoms with E-state index >= 15 is 0 Å². The van der Waals surface area contributed by atoms with Crippen LogP contribution >= 0.6 is 0 Å². The minimum absolute atomic E-state index is 0.0939. The van der Waals surface area contributed by atoms with Gasteiger partial charge in [-0.2, -0.15) is 13.2 Å². The Morgan fingerprint density at radius 3 is 2.65 bits per heavy atom. The number of rotatable bonds is 6. The molecule has 0 saturated carbocycles. The van der Waals surface area contributed by atoms with Gasteiger partial charge < -0.3 is 9.84 Å². The summed E-state index contributed by atoms with van der Waals surface area (Å²) >= 11 is 0. The third kappa shape index (κ3) is 4.74. The topological polar surface area (TPSA) is 62.7 Å². The van der Waals surface area contributed by atoms with E-state index < -0.39 is 17.7 Å². The number of carbonyl (C=O) groups is 1. The van der Waals surface area contributed by atoms with Gasteiger partial charge in [-0.3, -0.25) is 14.7 Å². The van der Waals surface area contributed by atoms with Gasteiger partial charge >= 0.3 is 12.1 Å². The number of carboxylic acid groups (broad SMARTS) is 1. The lowest BCUT2D eigenvalue weighted by atomic mass is 9.85. The van der Waals surface area contributed by atoms with Gasteiger partial charge in [0.25, 0.3) is 0 Å². The van der Waals surface area contributed by atoms with Crippen molar-refractivity contribution in [1.82, 2.24) is 9.88 Å². The van der Waals surface area contributed by atoms with Gasteiger partial charge in [-0.1, -0.05) is 11.6 Å². The maximum absolute atomic E-state index is 12.6. The van der Waals surface area contributed by atoms with Crippen LogP contribution in [0, 0.1) is 5.92 Å². The summed E-state index contributed by atoms with van der Waals surface area (Å²) in [5.74, 6) is -0.325. The Hall–Kier alpha value is -2.87. The number of halogens is 3. The van der Waals surface area contributed by atoms with Gasteiger partial charge in [0.2, 0.25) is 0 Å². The number of likely N-dealkylation sites (tertiary alicyclic amines) is 1. The molecule has 0 unspecified atom stereocenters. The molecule has 0 atom stereocenters. The largest absolute Gasteiger partial charge is 0.487 e. The van der Waals surface area contributed by atoms with Crippen molar-refractivity contribution in [3.63, 3.8) is 0 Å². The Balaban J connectivity index is 1.38. The maximum atomic E-state index is 12.6. The molecule has 5 nitrogen and oxygen atoms in total. The summed E-state index contributed by atoms with van der Waals surface area (Å²) < 4.78 is 43.6. The highest BCUT2D eigenvalue weighted by molar-refractivity contribution is 5.73. The molecule has 1 fully saturated rings. The minimum Gasteiger partial charge on any atom is -0.487 e. The number of aryl methyl sites for hydroxylation is 1. The summed E-state index contributed by atoms with van der Waals surface area (Å²) in [6.45, 7) is 4.19. The van der Waals surface area contributed by atoms with Gasteiger partial charge in [-0.15, -0.1) is 0 Å². The number of carboxylic acids is 1. The molecule has 31 heavy (non-hydrogen) atoms. The summed E-state index contributed by atoms with van der Waals surface area (Å²) in [6, 6.07) is 8.18. The third-order valence-corrected chi connectivity index (χ3v) is 5.97. The van der Waals surface area contributed by atoms with Crippen LogP contribution in [-0.4, -0.2) is 40.6 Å². The first kappa shape index (κ1) is 21.4. The van der Waals surface area contributed by atoms with E-state index in [4.69, 9.17) is 9.84 Å². The van der Waals surface area contributed by atoms with E-state index in [1.165, 1.54) is 22.8 Å². The number of ether oxygens (including phenoxy) is 1. The van der Waals surface area contributed by atoms with Crippen LogP contribution in [-0.2, 0) is 24.0 Å². The molecule has 1 aliphatic carbocycles. The van der Waals surface area contributed by atoms with Crippen LogP contribution in [0.3, 0.4) is 0 Å². The number of alkyl halides is 3. The molecule has 164 valence electrons. The molecule has 1 aliphatic heterocycles. The Bertz CT molecular complexity index is 1010. The number of fused-ring (bicyclic) bond motifs is 1. The van der Waals surface area contributed by atoms with E-state index in [9.17, 15) is 18.0 Å². The van der Waals surface area contributed by atoms with E-state index in [1.54, 1.807) is 0 Å². The second-order valence-electron chi connectivity index (χ2n) is 8.10. The number of nitrogens with zero attached hydrogens (tertiary/aromatic N) is 2. The quantitative estimate of drug-likeness (QED) is 0.733. The standard InChI is InChI=1S/C23H23F3N2O3/c1-14-16(10-28-11-17(12-28)22(29)30)3-2-15-8-20(6-7-21(14)15)31-13-19-5-4-18(9-27-19)23(24,25)26/h4-9,17H,2-3,10-13H2,1H3,(H,29,30). The van der Waals surface area contributed by atoms with Crippen molar-refractivity contribution in [3.8, 4) is 5.75 Å². The van der Waals surface area contributed by atoms with Crippen LogP contribution < -0.4 is 4.74 Å². The second-order valence-corrected chi connectivity index (χ2v) is 8.10. The Morgan fingerprint density at radius 2 is 2.00 bits per heavy atom. The zero-order valence-corrected chi connectivity index (χ0v) is 17.1. The van der Waals surface area contributed by atoms with Crippen molar-refractivity contribution in [2.75, 3.05) is 19.6 Å². The first-order valence-corrected chi connectivity index (χ1v) is 10.1. The van der Waals surface area contributed by atoms with Crippen molar-refractivity contribution in [2.24, 2.45) is 5.92 Å². The van der Waals surface area contributed by atoms with E-state index in [-0.39, 0.29) is 12.5 Å². The van der Waals surface area contributed by atoms with Crippen LogP contribution in [0.2, 0.25) is 0 Å². The average Bonchev–Trinajstić information content (AvgIpc) is 2.69. The summed E-state index contributed by atoms with van der Waals surface area (Å²) in [5, 5.41) is 9.03. The smallest absolute Gasteiger partial charge is 0.417 e. The van der Waals surface area contributed by atoms with Crippen molar-refractivity contribution in [1.29, 1.82) is 0 Å². The molecule has 2 aliphatic rings. The van der Waals surface area contributed by atoms with Gasteiger partial charge in [0, 0.05) is 25.8 Å². The summed E-state index contributed by atoms with van der Waals surface area (Å²) in [5.41, 5.74) is 4.54. The Labute approximate surface area is 178 Å². The highest BCUT2D eigenvalue weighted by atomic mass is 19.4. The van der Waals surface area contributed by atoms with Crippen LogP contribution in [0.15, 0.2) is 42.1 Å².